The van der Waals surface area contributed by atoms with Crippen LogP contribution in [0.15, 0.2) is 29.2 Å². The number of rotatable bonds is 7. The minimum absolute atomic E-state index is 0.119. The number of carbonyl (C=O) groups excluding carboxylic acids is 1. The molecule has 0 unspecified atom stereocenters. The summed E-state index contributed by atoms with van der Waals surface area (Å²) in [6.07, 6.45) is 1.14. The highest BCUT2D eigenvalue weighted by Gasteiger charge is 2.18. The van der Waals surface area contributed by atoms with Crippen molar-refractivity contribution in [1.82, 2.24) is 0 Å². The minimum atomic E-state index is -0.279. The van der Waals surface area contributed by atoms with Crippen LogP contribution in [0.3, 0.4) is 0 Å². The number of hydrogen-bond donors (Lipinski definition) is 0. The maximum atomic E-state index is 13.3. The van der Waals surface area contributed by atoms with Gasteiger partial charge in [-0.2, -0.15) is 0 Å². The molecule has 0 radical (unpaired) electrons. The molecule has 4 heteroatoms. The van der Waals surface area contributed by atoms with Crippen LogP contribution in [-0.2, 0) is 9.53 Å². The third-order valence-corrected chi connectivity index (χ3v) is 3.89. The topological polar surface area (TPSA) is 26.3 Å². The molecule has 0 heterocycles. The van der Waals surface area contributed by atoms with Gasteiger partial charge in [-0.15, -0.1) is 11.8 Å². The highest BCUT2D eigenvalue weighted by Crippen LogP contribution is 2.22. The second-order valence-electron chi connectivity index (χ2n) is 4.72. The Labute approximate surface area is 112 Å². The highest BCUT2D eigenvalue weighted by atomic mass is 32.2. The van der Waals surface area contributed by atoms with Crippen molar-refractivity contribution in [3.8, 4) is 0 Å². The van der Waals surface area contributed by atoms with E-state index in [-0.39, 0.29) is 17.2 Å². The van der Waals surface area contributed by atoms with Crippen molar-refractivity contribution in [3.05, 3.63) is 30.1 Å². The second kappa shape index (κ2) is 6.90. The van der Waals surface area contributed by atoms with Crippen LogP contribution >= 0.6 is 11.8 Å². The summed E-state index contributed by atoms with van der Waals surface area (Å²) >= 11 is 1.25. The van der Waals surface area contributed by atoms with E-state index < -0.39 is 0 Å². The van der Waals surface area contributed by atoms with E-state index in [1.54, 1.807) is 25.3 Å². The van der Waals surface area contributed by atoms with E-state index in [1.807, 2.05) is 13.8 Å². The van der Waals surface area contributed by atoms with E-state index in [2.05, 4.69) is 0 Å². The first-order chi connectivity index (χ1) is 8.44. The van der Waals surface area contributed by atoms with Gasteiger partial charge in [0.2, 0.25) is 0 Å². The lowest BCUT2D eigenvalue weighted by Crippen LogP contribution is -2.23. The van der Waals surface area contributed by atoms with Gasteiger partial charge >= 0.3 is 0 Å². The summed E-state index contributed by atoms with van der Waals surface area (Å²) in [6.45, 7) is 3.90. The Morgan fingerprint density at radius 3 is 2.67 bits per heavy atom. The van der Waals surface area contributed by atoms with Gasteiger partial charge in [0.15, 0.2) is 0 Å². The standard InChI is InChI=1S/C14H19FO2S/c1-14(2,17-3)9-8-11(16)10-18-13-7-5-4-6-12(13)15/h4-7H,8-10H2,1-3H3. The average Bonchev–Trinajstić information content (AvgIpc) is 2.35. The summed E-state index contributed by atoms with van der Waals surface area (Å²) in [6, 6.07) is 6.50. The monoisotopic (exact) mass is 270 g/mol. The van der Waals surface area contributed by atoms with E-state index in [4.69, 9.17) is 4.74 Å². The number of hydrogen-bond acceptors (Lipinski definition) is 3. The van der Waals surface area contributed by atoms with Gasteiger partial charge in [0.25, 0.3) is 0 Å². The zero-order valence-corrected chi connectivity index (χ0v) is 11.8. The van der Waals surface area contributed by atoms with E-state index in [1.165, 1.54) is 17.8 Å². The Bertz CT molecular complexity index is 405. The van der Waals surface area contributed by atoms with E-state index >= 15 is 0 Å². The summed E-state index contributed by atoms with van der Waals surface area (Å²) in [7, 11) is 1.64. The molecule has 0 aliphatic carbocycles. The molecule has 0 bridgehead atoms. The van der Waals surface area contributed by atoms with Gasteiger partial charge in [-0.3, -0.25) is 4.79 Å². The molecule has 0 aliphatic rings. The van der Waals surface area contributed by atoms with E-state index in [9.17, 15) is 9.18 Å². The van der Waals surface area contributed by atoms with Crippen molar-refractivity contribution in [3.63, 3.8) is 0 Å². The third-order valence-electron chi connectivity index (χ3n) is 2.78. The molecule has 100 valence electrons. The maximum Gasteiger partial charge on any atom is 0.143 e. The van der Waals surface area contributed by atoms with Gasteiger partial charge in [-0.05, 0) is 32.4 Å². The number of methoxy groups -OCH3 is 1. The van der Waals surface area contributed by atoms with Gasteiger partial charge < -0.3 is 4.74 Å². The molecular weight excluding hydrogens is 251 g/mol. The van der Waals surface area contributed by atoms with Gasteiger partial charge in [0.1, 0.15) is 11.6 Å². The number of thioether (sulfide) groups is 1. The van der Waals surface area contributed by atoms with Crippen molar-refractivity contribution < 1.29 is 13.9 Å². The Morgan fingerprint density at radius 1 is 1.39 bits per heavy atom. The normalized spacial score (nSPS) is 11.6. The molecule has 0 aromatic heterocycles. The highest BCUT2D eigenvalue weighted by molar-refractivity contribution is 8.00. The van der Waals surface area contributed by atoms with Gasteiger partial charge in [0.05, 0.1) is 11.4 Å². The molecule has 0 N–H and O–H groups in total. The molecule has 0 amide bonds. The fraction of sp³-hybridized carbons (Fsp3) is 0.500. The summed E-state index contributed by atoms with van der Waals surface area (Å²) in [4.78, 5) is 12.2. The van der Waals surface area contributed by atoms with Crippen LogP contribution < -0.4 is 0 Å². The van der Waals surface area contributed by atoms with Crippen molar-refractivity contribution in [2.45, 2.75) is 37.2 Å². The van der Waals surface area contributed by atoms with Crippen LogP contribution in [0.5, 0.6) is 0 Å². The van der Waals surface area contributed by atoms with Crippen molar-refractivity contribution in [1.29, 1.82) is 0 Å². The Morgan fingerprint density at radius 2 is 2.06 bits per heavy atom. The number of carbonyl (C=O) groups is 1. The van der Waals surface area contributed by atoms with E-state index in [0.29, 0.717) is 23.5 Å². The van der Waals surface area contributed by atoms with Gasteiger partial charge in [-0.25, -0.2) is 4.39 Å². The second-order valence-corrected chi connectivity index (χ2v) is 5.74. The summed E-state index contributed by atoms with van der Waals surface area (Å²) in [5.41, 5.74) is -0.279. The summed E-state index contributed by atoms with van der Waals surface area (Å²) in [5.74, 6) is 0.154. The van der Waals surface area contributed by atoms with Crippen LogP contribution in [0.1, 0.15) is 26.7 Å². The predicted molar refractivity (Wildman–Crippen MR) is 72.5 cm³/mol. The lowest BCUT2D eigenvalue weighted by Gasteiger charge is -2.22. The zero-order chi connectivity index (χ0) is 13.6. The average molecular weight is 270 g/mol. The first-order valence-electron chi connectivity index (χ1n) is 5.89. The molecule has 1 aromatic rings. The number of ether oxygens (including phenoxy) is 1. The minimum Gasteiger partial charge on any atom is -0.379 e. The fourth-order valence-electron chi connectivity index (χ4n) is 1.33. The smallest absolute Gasteiger partial charge is 0.143 e. The largest absolute Gasteiger partial charge is 0.379 e. The summed E-state index contributed by atoms with van der Waals surface area (Å²) < 4.78 is 18.6. The van der Waals surface area contributed by atoms with Crippen LogP contribution in [0.4, 0.5) is 4.39 Å². The first kappa shape index (κ1) is 15.2. The zero-order valence-electron chi connectivity index (χ0n) is 11.0. The molecule has 1 aromatic carbocycles. The van der Waals surface area contributed by atoms with Crippen LogP contribution in [0, 0.1) is 5.82 Å². The molecule has 2 nitrogen and oxygen atoms in total. The SMILES string of the molecule is COC(C)(C)CCC(=O)CSc1ccccc1F. The maximum absolute atomic E-state index is 13.3. The fourth-order valence-corrected chi connectivity index (χ4v) is 2.18. The molecule has 0 atom stereocenters. The quantitative estimate of drug-likeness (QED) is 0.707. The van der Waals surface area contributed by atoms with E-state index in [0.717, 1.165) is 0 Å². The number of Topliss-reactive ketones (excluding diaryl/α,β-unsaturated/α-hetero) is 1. The van der Waals surface area contributed by atoms with Crippen molar-refractivity contribution in [2.75, 3.05) is 12.9 Å². The van der Waals surface area contributed by atoms with Crippen LogP contribution in [0.25, 0.3) is 0 Å². The third kappa shape index (κ3) is 5.19. The first-order valence-corrected chi connectivity index (χ1v) is 6.87. The van der Waals surface area contributed by atoms with Crippen molar-refractivity contribution in [2.24, 2.45) is 0 Å². The van der Waals surface area contributed by atoms with Gasteiger partial charge in [-0.1, -0.05) is 12.1 Å². The molecule has 0 saturated carbocycles. The number of ketones is 1. The summed E-state index contributed by atoms with van der Waals surface area (Å²) in [5, 5.41) is 0. The molecular formula is C14H19FO2S. The molecule has 18 heavy (non-hydrogen) atoms. The molecule has 0 aliphatic heterocycles. The van der Waals surface area contributed by atoms with Crippen LogP contribution in [0.2, 0.25) is 0 Å². The Kier molecular flexibility index (Phi) is 5.82. The van der Waals surface area contributed by atoms with Crippen LogP contribution in [-0.4, -0.2) is 24.2 Å². The Hall–Kier alpha value is -0.870. The number of benzene rings is 1. The molecule has 1 rings (SSSR count). The Balaban J connectivity index is 2.36. The lowest BCUT2D eigenvalue weighted by atomic mass is 10.0. The van der Waals surface area contributed by atoms with Gasteiger partial charge in [0, 0.05) is 18.4 Å². The predicted octanol–water partition coefficient (Wildman–Crippen LogP) is 3.69. The molecule has 0 saturated heterocycles. The molecule has 0 fully saturated rings. The van der Waals surface area contributed by atoms with Crippen molar-refractivity contribution >= 4 is 17.5 Å². The molecule has 0 spiro atoms. The lowest BCUT2D eigenvalue weighted by molar-refractivity contribution is -0.118. The number of halogens is 1.